The van der Waals surface area contributed by atoms with E-state index in [1.165, 1.54) is 37.7 Å². The number of amides is 1. The van der Waals surface area contributed by atoms with Crippen molar-refractivity contribution in [1.82, 2.24) is 9.80 Å². The molecule has 1 saturated carbocycles. The van der Waals surface area contributed by atoms with Gasteiger partial charge >= 0.3 is 0 Å². The van der Waals surface area contributed by atoms with Gasteiger partial charge in [0.25, 0.3) is 0 Å². The highest BCUT2D eigenvalue weighted by molar-refractivity contribution is 5.89. The Morgan fingerprint density at radius 1 is 1.08 bits per heavy atom. The molecule has 0 N–H and O–H groups in total. The van der Waals surface area contributed by atoms with Gasteiger partial charge in [-0.1, -0.05) is 49.6 Å². The molecule has 0 bridgehead atoms. The van der Waals surface area contributed by atoms with Crippen LogP contribution in [0.4, 0.5) is 0 Å². The van der Waals surface area contributed by atoms with Crippen molar-refractivity contribution < 1.29 is 4.79 Å². The minimum Gasteiger partial charge on any atom is -0.341 e. The molecule has 3 fully saturated rings. The van der Waals surface area contributed by atoms with Crippen LogP contribution in [0, 0.1) is 11.3 Å². The predicted octanol–water partition coefficient (Wildman–Crippen LogP) is 4.25. The molecule has 2 heterocycles. The second-order valence-electron chi connectivity index (χ2n) is 8.63. The van der Waals surface area contributed by atoms with Gasteiger partial charge in [0, 0.05) is 25.7 Å². The van der Waals surface area contributed by atoms with Gasteiger partial charge in [0.2, 0.25) is 5.91 Å². The molecule has 1 aromatic rings. The van der Waals surface area contributed by atoms with Crippen molar-refractivity contribution >= 4 is 5.91 Å². The highest BCUT2D eigenvalue weighted by atomic mass is 16.2. The summed E-state index contributed by atoms with van der Waals surface area (Å²) < 4.78 is 0. The Morgan fingerprint density at radius 2 is 1.84 bits per heavy atom. The lowest BCUT2D eigenvalue weighted by molar-refractivity contribution is -0.168. The molecular formula is C22H32N2O. The molecule has 0 aromatic heterocycles. The van der Waals surface area contributed by atoms with Gasteiger partial charge in [-0.15, -0.1) is 0 Å². The van der Waals surface area contributed by atoms with Crippen molar-refractivity contribution in [1.29, 1.82) is 0 Å². The van der Waals surface area contributed by atoms with Crippen molar-refractivity contribution in [2.24, 2.45) is 11.3 Å². The standard InChI is InChI=1S/C22H32N2O/c1-18(20-11-6-3-7-12-20)23-14-8-13-22(16-23)17-24(21(22)25)15-19-9-4-2-5-10-19/h3,6-7,11-12,18-19H,2,4-5,8-10,13-17H2,1H3. The zero-order chi connectivity index (χ0) is 17.3. The van der Waals surface area contributed by atoms with E-state index in [-0.39, 0.29) is 5.41 Å². The van der Waals surface area contributed by atoms with Crippen molar-refractivity contribution in [2.45, 2.75) is 57.9 Å². The lowest BCUT2D eigenvalue weighted by Gasteiger charge is -2.55. The normalized spacial score (nSPS) is 29.6. The highest BCUT2D eigenvalue weighted by Crippen LogP contribution is 2.43. The summed E-state index contributed by atoms with van der Waals surface area (Å²) in [5.74, 6) is 1.21. The van der Waals surface area contributed by atoms with E-state index in [1.807, 2.05) is 0 Å². The summed E-state index contributed by atoms with van der Waals surface area (Å²) in [5.41, 5.74) is 1.29. The number of hydrogen-bond acceptors (Lipinski definition) is 2. The molecule has 1 spiro atoms. The Kier molecular flexibility index (Phi) is 4.86. The molecule has 2 aliphatic heterocycles. The summed E-state index contributed by atoms with van der Waals surface area (Å²) in [6.07, 6.45) is 9.01. The van der Waals surface area contributed by atoms with E-state index in [0.29, 0.717) is 11.9 Å². The number of benzene rings is 1. The quantitative estimate of drug-likeness (QED) is 0.765. The van der Waals surface area contributed by atoms with Gasteiger partial charge in [-0.3, -0.25) is 9.69 Å². The largest absolute Gasteiger partial charge is 0.341 e. The van der Waals surface area contributed by atoms with Crippen LogP contribution in [0.25, 0.3) is 0 Å². The first-order valence-electron chi connectivity index (χ1n) is 10.3. The lowest BCUT2D eigenvalue weighted by atomic mass is 9.71. The molecule has 1 aromatic carbocycles. The van der Waals surface area contributed by atoms with Crippen LogP contribution in [0.5, 0.6) is 0 Å². The Morgan fingerprint density at radius 3 is 2.56 bits per heavy atom. The fourth-order valence-corrected chi connectivity index (χ4v) is 5.32. The monoisotopic (exact) mass is 340 g/mol. The zero-order valence-electron chi connectivity index (χ0n) is 15.6. The number of β-lactam (4-membered cyclic amide) rings is 1. The van der Waals surface area contributed by atoms with Crippen molar-refractivity contribution in [2.75, 3.05) is 26.2 Å². The first-order valence-corrected chi connectivity index (χ1v) is 10.3. The molecule has 25 heavy (non-hydrogen) atoms. The van der Waals surface area contributed by atoms with Crippen molar-refractivity contribution in [3.63, 3.8) is 0 Å². The number of carbonyl (C=O) groups excluding carboxylic acids is 1. The van der Waals surface area contributed by atoms with Crippen LogP contribution < -0.4 is 0 Å². The maximum atomic E-state index is 13.0. The topological polar surface area (TPSA) is 23.6 Å². The number of rotatable bonds is 4. The van der Waals surface area contributed by atoms with Gasteiger partial charge in [-0.25, -0.2) is 0 Å². The Balaban J connectivity index is 1.37. The van der Waals surface area contributed by atoms with Gasteiger partial charge in [0.05, 0.1) is 5.41 Å². The third-order valence-electron chi connectivity index (χ3n) is 6.87. The van der Waals surface area contributed by atoms with E-state index in [9.17, 15) is 4.79 Å². The molecule has 1 aliphatic carbocycles. The van der Waals surface area contributed by atoms with Crippen LogP contribution >= 0.6 is 0 Å². The number of hydrogen-bond donors (Lipinski definition) is 0. The van der Waals surface area contributed by atoms with Gasteiger partial charge in [-0.05, 0) is 50.6 Å². The molecule has 3 aliphatic rings. The Labute approximate surface area is 152 Å². The summed E-state index contributed by atoms with van der Waals surface area (Å²) in [7, 11) is 0. The first-order chi connectivity index (χ1) is 12.2. The van der Waals surface area contributed by atoms with Crippen LogP contribution in [0.15, 0.2) is 30.3 Å². The number of likely N-dealkylation sites (tertiary alicyclic amines) is 2. The fourth-order valence-electron chi connectivity index (χ4n) is 5.32. The Bertz CT molecular complexity index is 595. The van der Waals surface area contributed by atoms with E-state index in [0.717, 1.165) is 44.9 Å². The Hall–Kier alpha value is -1.35. The molecule has 1 amide bonds. The lowest BCUT2D eigenvalue weighted by Crippen LogP contribution is -2.67. The third kappa shape index (κ3) is 3.36. The minimum absolute atomic E-state index is 0.0735. The van der Waals surface area contributed by atoms with Gasteiger partial charge in [-0.2, -0.15) is 0 Å². The number of piperidine rings is 1. The molecular weight excluding hydrogens is 308 g/mol. The average Bonchev–Trinajstić information content (AvgIpc) is 2.68. The molecule has 3 heteroatoms. The van der Waals surface area contributed by atoms with Crippen LogP contribution in [0.3, 0.4) is 0 Å². The highest BCUT2D eigenvalue weighted by Gasteiger charge is 2.54. The van der Waals surface area contributed by atoms with E-state index < -0.39 is 0 Å². The van der Waals surface area contributed by atoms with Crippen molar-refractivity contribution in [3.05, 3.63) is 35.9 Å². The van der Waals surface area contributed by atoms with E-state index in [4.69, 9.17) is 0 Å². The smallest absolute Gasteiger partial charge is 0.231 e. The molecule has 136 valence electrons. The summed E-state index contributed by atoms with van der Waals surface area (Å²) in [4.78, 5) is 17.7. The second kappa shape index (κ2) is 7.11. The van der Waals surface area contributed by atoms with Crippen LogP contribution in [-0.2, 0) is 4.79 Å². The van der Waals surface area contributed by atoms with Gasteiger partial charge in [0.15, 0.2) is 0 Å². The maximum Gasteiger partial charge on any atom is 0.231 e. The second-order valence-corrected chi connectivity index (χ2v) is 8.63. The summed E-state index contributed by atoms with van der Waals surface area (Å²) >= 11 is 0. The number of carbonyl (C=O) groups is 1. The van der Waals surface area contributed by atoms with Gasteiger partial charge in [0.1, 0.15) is 0 Å². The van der Waals surface area contributed by atoms with Gasteiger partial charge < -0.3 is 4.90 Å². The van der Waals surface area contributed by atoms with Crippen LogP contribution in [0.2, 0.25) is 0 Å². The van der Waals surface area contributed by atoms with E-state index in [2.05, 4.69) is 47.1 Å². The summed E-state index contributed by atoms with van der Waals surface area (Å²) in [6, 6.07) is 11.1. The molecule has 0 radical (unpaired) electrons. The van der Waals surface area contributed by atoms with Crippen molar-refractivity contribution in [3.8, 4) is 0 Å². The molecule has 3 nitrogen and oxygen atoms in total. The molecule has 2 atom stereocenters. The van der Waals surface area contributed by atoms with Crippen LogP contribution in [0.1, 0.15) is 63.5 Å². The predicted molar refractivity (Wildman–Crippen MR) is 101 cm³/mol. The average molecular weight is 341 g/mol. The van der Waals surface area contributed by atoms with E-state index in [1.54, 1.807) is 0 Å². The first kappa shape index (κ1) is 17.1. The third-order valence-corrected chi connectivity index (χ3v) is 6.87. The molecule has 2 unspecified atom stereocenters. The molecule has 4 rings (SSSR count). The molecule has 2 saturated heterocycles. The van der Waals surface area contributed by atoms with E-state index >= 15 is 0 Å². The number of nitrogens with zero attached hydrogens (tertiary/aromatic N) is 2. The maximum absolute atomic E-state index is 13.0. The minimum atomic E-state index is -0.0735. The summed E-state index contributed by atoms with van der Waals surface area (Å²) in [5, 5.41) is 0. The zero-order valence-corrected chi connectivity index (χ0v) is 15.6. The summed E-state index contributed by atoms with van der Waals surface area (Å²) in [6.45, 7) is 6.38. The SMILES string of the molecule is CC(c1ccccc1)N1CCCC2(CN(CC3CCCCC3)C2=O)C1. The fraction of sp³-hybridized carbons (Fsp3) is 0.682. The van der Waals surface area contributed by atoms with Crippen LogP contribution in [-0.4, -0.2) is 41.9 Å².